The molecule has 0 aromatic heterocycles. The summed E-state index contributed by atoms with van der Waals surface area (Å²) in [7, 11) is 0. The van der Waals surface area contributed by atoms with Crippen molar-refractivity contribution in [1.29, 1.82) is 0 Å². The van der Waals surface area contributed by atoms with Crippen molar-refractivity contribution in [2.24, 2.45) is 0 Å². The van der Waals surface area contributed by atoms with E-state index in [4.69, 9.17) is 11.6 Å². The predicted molar refractivity (Wildman–Crippen MR) is 160 cm³/mol. The Bertz CT molecular complexity index is 1280. The summed E-state index contributed by atoms with van der Waals surface area (Å²) in [5.74, 6) is 0.369. The van der Waals surface area contributed by atoms with Crippen LogP contribution in [0, 0.1) is 10.1 Å². The molecule has 0 heterocycles. The minimum atomic E-state index is -0.701. The van der Waals surface area contributed by atoms with Crippen LogP contribution in [-0.4, -0.2) is 39.5 Å². The molecule has 0 saturated heterocycles. The number of nitrogens with zero attached hydrogens (tertiary/aromatic N) is 2. The number of carbonyl (C=O) groups is 2. The van der Waals surface area contributed by atoms with Gasteiger partial charge in [-0.2, -0.15) is 0 Å². The number of non-ortho nitro benzene ring substituents is 1. The van der Waals surface area contributed by atoms with Crippen molar-refractivity contribution in [3.05, 3.63) is 111 Å². The molecule has 0 bridgehead atoms. The van der Waals surface area contributed by atoms with Crippen LogP contribution in [0.2, 0.25) is 5.02 Å². The molecule has 210 valence electrons. The van der Waals surface area contributed by atoms with Gasteiger partial charge in [0.15, 0.2) is 0 Å². The third-order valence-electron chi connectivity index (χ3n) is 7.16. The average Bonchev–Trinajstić information content (AvgIpc) is 2.97. The Balaban J connectivity index is 1.55. The van der Waals surface area contributed by atoms with Crippen LogP contribution in [0.3, 0.4) is 0 Å². The molecule has 1 aliphatic carbocycles. The van der Waals surface area contributed by atoms with Gasteiger partial charge in [0.1, 0.15) is 6.04 Å². The average molecular weight is 580 g/mol. The van der Waals surface area contributed by atoms with Crippen molar-refractivity contribution in [2.75, 3.05) is 5.75 Å². The maximum absolute atomic E-state index is 13.8. The van der Waals surface area contributed by atoms with Gasteiger partial charge in [-0.1, -0.05) is 91.5 Å². The number of thioether (sulfide) groups is 1. The lowest BCUT2D eigenvalue weighted by Gasteiger charge is -2.33. The lowest BCUT2D eigenvalue weighted by Crippen LogP contribution is -2.53. The van der Waals surface area contributed by atoms with Crippen molar-refractivity contribution in [1.82, 2.24) is 10.2 Å². The Morgan fingerprint density at radius 2 is 1.62 bits per heavy atom. The molecule has 1 fully saturated rings. The first kappa shape index (κ1) is 29.6. The molecule has 1 aliphatic rings. The van der Waals surface area contributed by atoms with Gasteiger partial charge in [-0.05, 0) is 35.6 Å². The SMILES string of the molecule is O=C(NC1CCCCC1)[C@@H](Cc1ccccc1)N(Cc1ccccc1Cl)C(=O)CSCc1ccc([N+](=O)[O-])cc1. The summed E-state index contributed by atoms with van der Waals surface area (Å²) in [6.45, 7) is 0.214. The first-order chi connectivity index (χ1) is 19.4. The van der Waals surface area contributed by atoms with E-state index in [1.54, 1.807) is 23.1 Å². The van der Waals surface area contributed by atoms with Crippen molar-refractivity contribution in [3.8, 4) is 0 Å². The highest BCUT2D eigenvalue weighted by Gasteiger charge is 2.32. The summed E-state index contributed by atoms with van der Waals surface area (Å²) in [4.78, 5) is 39.8. The summed E-state index contributed by atoms with van der Waals surface area (Å²) in [5.41, 5.74) is 2.67. The first-order valence-electron chi connectivity index (χ1n) is 13.6. The van der Waals surface area contributed by atoms with Crippen LogP contribution < -0.4 is 5.32 Å². The topological polar surface area (TPSA) is 92.6 Å². The fourth-order valence-electron chi connectivity index (χ4n) is 4.96. The molecule has 7 nitrogen and oxygen atoms in total. The van der Waals surface area contributed by atoms with Crippen LogP contribution >= 0.6 is 23.4 Å². The van der Waals surface area contributed by atoms with Crippen molar-refractivity contribution >= 4 is 40.9 Å². The summed E-state index contributed by atoms with van der Waals surface area (Å²) >= 11 is 7.92. The molecular weight excluding hydrogens is 546 g/mol. The standard InChI is InChI=1S/C31H34ClN3O4S/c32-28-14-8-7-11-25(28)20-34(30(36)22-40-21-24-15-17-27(18-16-24)35(38)39)29(19-23-9-3-1-4-10-23)31(37)33-26-12-5-2-6-13-26/h1,3-4,7-11,14-18,26,29H,2,5-6,12-13,19-22H2,(H,33,37)/t29-/m1/s1. The Kier molecular flexibility index (Phi) is 11.0. The quantitative estimate of drug-likeness (QED) is 0.193. The minimum absolute atomic E-state index is 0.0310. The summed E-state index contributed by atoms with van der Waals surface area (Å²) < 4.78 is 0. The van der Waals surface area contributed by atoms with Crippen LogP contribution in [0.25, 0.3) is 0 Å². The number of nitro groups is 1. The lowest BCUT2D eigenvalue weighted by atomic mass is 9.94. The zero-order chi connectivity index (χ0) is 28.3. The molecule has 0 radical (unpaired) electrons. The second-order valence-electron chi connectivity index (χ2n) is 10.1. The van der Waals surface area contributed by atoms with Crippen LogP contribution in [-0.2, 0) is 28.3 Å². The summed E-state index contributed by atoms with van der Waals surface area (Å²) in [6, 6.07) is 22.9. The highest BCUT2D eigenvalue weighted by atomic mass is 35.5. The van der Waals surface area contributed by atoms with E-state index in [-0.39, 0.29) is 35.8 Å². The monoisotopic (exact) mass is 579 g/mol. The maximum Gasteiger partial charge on any atom is 0.269 e. The second kappa shape index (κ2) is 14.9. The van der Waals surface area contributed by atoms with Crippen LogP contribution in [0.4, 0.5) is 5.69 Å². The molecule has 0 aliphatic heterocycles. The van der Waals surface area contributed by atoms with Gasteiger partial charge in [0.05, 0.1) is 10.7 Å². The van der Waals surface area contributed by atoms with E-state index in [2.05, 4.69) is 5.32 Å². The van der Waals surface area contributed by atoms with Gasteiger partial charge in [-0.15, -0.1) is 11.8 Å². The predicted octanol–water partition coefficient (Wildman–Crippen LogP) is 6.57. The van der Waals surface area contributed by atoms with Crippen LogP contribution in [0.5, 0.6) is 0 Å². The summed E-state index contributed by atoms with van der Waals surface area (Å²) in [5, 5.41) is 14.7. The lowest BCUT2D eigenvalue weighted by molar-refractivity contribution is -0.384. The molecule has 4 rings (SSSR count). The van der Waals surface area contributed by atoms with Gasteiger partial charge >= 0.3 is 0 Å². The van der Waals surface area contributed by atoms with Gasteiger partial charge in [0.25, 0.3) is 5.69 Å². The fraction of sp³-hybridized carbons (Fsp3) is 0.355. The summed E-state index contributed by atoms with van der Waals surface area (Å²) in [6.07, 6.45) is 5.66. The van der Waals surface area contributed by atoms with Crippen LogP contribution in [0.1, 0.15) is 48.8 Å². The number of hydrogen-bond acceptors (Lipinski definition) is 5. The molecule has 2 amide bonds. The molecule has 1 saturated carbocycles. The van der Waals surface area contributed by atoms with E-state index >= 15 is 0 Å². The van der Waals surface area contributed by atoms with E-state index in [1.165, 1.54) is 30.3 Å². The second-order valence-corrected chi connectivity index (χ2v) is 11.5. The molecule has 1 N–H and O–H groups in total. The first-order valence-corrected chi connectivity index (χ1v) is 15.1. The minimum Gasteiger partial charge on any atom is -0.352 e. The van der Waals surface area contributed by atoms with Crippen molar-refractivity contribution in [3.63, 3.8) is 0 Å². The fourth-order valence-corrected chi connectivity index (χ4v) is 6.03. The molecular formula is C31H34ClN3O4S. The number of amides is 2. The number of benzene rings is 3. The molecule has 9 heteroatoms. The van der Waals surface area contributed by atoms with Crippen molar-refractivity contribution < 1.29 is 14.5 Å². The number of nitrogens with one attached hydrogen (secondary N) is 1. The number of hydrogen-bond donors (Lipinski definition) is 1. The van der Waals surface area contributed by atoms with Crippen LogP contribution in [0.15, 0.2) is 78.9 Å². The van der Waals surface area contributed by atoms with Gasteiger partial charge in [0.2, 0.25) is 11.8 Å². The molecule has 3 aromatic carbocycles. The van der Waals surface area contributed by atoms with Crippen molar-refractivity contribution in [2.45, 2.75) is 62.9 Å². The van der Waals surface area contributed by atoms with E-state index in [1.807, 2.05) is 48.5 Å². The number of nitro benzene ring substituents is 1. The molecule has 0 unspecified atom stereocenters. The van der Waals surface area contributed by atoms with E-state index < -0.39 is 11.0 Å². The number of carbonyl (C=O) groups excluding carboxylic acids is 2. The molecule has 1 atom stereocenters. The van der Waals surface area contributed by atoms with Gasteiger partial charge in [-0.25, -0.2) is 0 Å². The third-order valence-corrected chi connectivity index (χ3v) is 8.52. The molecule has 3 aromatic rings. The van der Waals surface area contributed by atoms with Gasteiger partial charge in [0, 0.05) is 41.9 Å². The van der Waals surface area contributed by atoms with Gasteiger partial charge < -0.3 is 10.2 Å². The maximum atomic E-state index is 13.8. The zero-order valence-electron chi connectivity index (χ0n) is 22.3. The van der Waals surface area contributed by atoms with E-state index in [9.17, 15) is 19.7 Å². The number of halogens is 1. The van der Waals surface area contributed by atoms with Gasteiger partial charge in [-0.3, -0.25) is 19.7 Å². The highest BCUT2D eigenvalue weighted by Crippen LogP contribution is 2.24. The molecule has 40 heavy (non-hydrogen) atoms. The van der Waals surface area contributed by atoms with E-state index in [0.29, 0.717) is 17.2 Å². The molecule has 0 spiro atoms. The normalized spacial score (nSPS) is 14.3. The smallest absolute Gasteiger partial charge is 0.269 e. The Hall–Kier alpha value is -3.36. The number of rotatable bonds is 12. The third kappa shape index (κ3) is 8.57. The zero-order valence-corrected chi connectivity index (χ0v) is 23.9. The Labute approximate surface area is 244 Å². The Morgan fingerprint density at radius 1 is 0.950 bits per heavy atom. The highest BCUT2D eigenvalue weighted by molar-refractivity contribution is 7.99. The Morgan fingerprint density at radius 3 is 2.30 bits per heavy atom. The van der Waals surface area contributed by atoms with E-state index in [0.717, 1.165) is 42.4 Å². The largest absolute Gasteiger partial charge is 0.352 e.